The maximum Gasteiger partial charge on any atom is 0.353 e. The number of nitrogens with zero attached hydrogens (tertiary/aromatic N) is 5. The van der Waals surface area contributed by atoms with E-state index in [1.165, 1.54) is 30.6 Å². The molecule has 0 saturated carbocycles. The molecule has 32 heavy (non-hydrogen) atoms. The van der Waals surface area contributed by atoms with Crippen LogP contribution in [0, 0.1) is 17.0 Å². The monoisotopic (exact) mass is 458 g/mol. The van der Waals surface area contributed by atoms with E-state index in [9.17, 15) is 18.5 Å². The number of piperidine rings is 1. The topological polar surface area (TPSA) is 144 Å². The number of aromatic nitrogens is 3. The third-order valence-electron chi connectivity index (χ3n) is 5.37. The maximum absolute atomic E-state index is 11.9. The molecular formula is C20H22N6O5S. The number of sulfone groups is 1. The van der Waals surface area contributed by atoms with Crippen LogP contribution in [0.1, 0.15) is 30.2 Å². The van der Waals surface area contributed by atoms with E-state index in [-0.39, 0.29) is 28.1 Å². The number of anilines is 3. The van der Waals surface area contributed by atoms with Crippen molar-refractivity contribution in [2.75, 3.05) is 29.6 Å². The van der Waals surface area contributed by atoms with E-state index in [0.29, 0.717) is 18.8 Å². The van der Waals surface area contributed by atoms with Gasteiger partial charge in [0.15, 0.2) is 9.84 Å². The Balaban J connectivity index is 1.55. The van der Waals surface area contributed by atoms with Crippen molar-refractivity contribution < 1.29 is 17.9 Å². The number of nitro groups is 1. The van der Waals surface area contributed by atoms with Crippen LogP contribution in [-0.2, 0) is 9.84 Å². The highest BCUT2D eigenvalue weighted by molar-refractivity contribution is 7.90. The van der Waals surface area contributed by atoms with Gasteiger partial charge in [0, 0.05) is 37.0 Å². The minimum Gasteiger partial charge on any atom is -0.361 e. The molecule has 0 radical (unpaired) electrons. The van der Waals surface area contributed by atoms with Crippen LogP contribution in [0.15, 0.2) is 46.1 Å². The Kier molecular flexibility index (Phi) is 5.78. The molecule has 168 valence electrons. The molecule has 0 atom stereocenters. The average Bonchev–Trinajstić information content (AvgIpc) is 3.19. The van der Waals surface area contributed by atoms with Crippen molar-refractivity contribution in [3.8, 4) is 0 Å². The van der Waals surface area contributed by atoms with Crippen molar-refractivity contribution in [2.45, 2.75) is 30.6 Å². The van der Waals surface area contributed by atoms with Gasteiger partial charge in [-0.1, -0.05) is 5.16 Å². The summed E-state index contributed by atoms with van der Waals surface area (Å²) in [5.74, 6) is 1.33. The molecule has 0 spiro atoms. The van der Waals surface area contributed by atoms with Crippen LogP contribution in [0.2, 0.25) is 0 Å². The zero-order valence-corrected chi connectivity index (χ0v) is 18.4. The lowest BCUT2D eigenvalue weighted by Gasteiger charge is -2.31. The van der Waals surface area contributed by atoms with Crippen molar-refractivity contribution in [2.24, 2.45) is 0 Å². The molecular weight excluding hydrogens is 436 g/mol. The lowest BCUT2D eigenvalue weighted by molar-refractivity contribution is -0.383. The summed E-state index contributed by atoms with van der Waals surface area (Å²) in [7, 11) is -3.34. The average molecular weight is 459 g/mol. The Morgan fingerprint density at radius 1 is 1.19 bits per heavy atom. The second-order valence-corrected chi connectivity index (χ2v) is 9.72. The molecule has 1 saturated heterocycles. The van der Waals surface area contributed by atoms with Gasteiger partial charge in [-0.3, -0.25) is 10.1 Å². The van der Waals surface area contributed by atoms with Crippen molar-refractivity contribution in [1.82, 2.24) is 15.1 Å². The van der Waals surface area contributed by atoms with E-state index in [1.807, 2.05) is 17.9 Å². The number of hydrogen-bond acceptors (Lipinski definition) is 10. The van der Waals surface area contributed by atoms with Gasteiger partial charge in [0.25, 0.3) is 0 Å². The standard InChI is InChI=1S/C20H22N6O5S/c1-13-11-17(31-24-13)14-7-9-25(10-8-14)20-18(26(27)28)19(21-12-22-20)23-15-3-5-16(6-4-15)32(2,29)30/h3-6,11-12,14H,7-10H2,1-2H3,(H,21,22,23). The fourth-order valence-corrected chi connectivity index (χ4v) is 4.36. The van der Waals surface area contributed by atoms with Crippen LogP contribution in [0.5, 0.6) is 0 Å². The Hall–Kier alpha value is -3.54. The summed E-state index contributed by atoms with van der Waals surface area (Å²) >= 11 is 0. The van der Waals surface area contributed by atoms with Gasteiger partial charge in [-0.2, -0.15) is 0 Å². The van der Waals surface area contributed by atoms with Crippen LogP contribution in [0.3, 0.4) is 0 Å². The predicted octanol–water partition coefficient (Wildman–Crippen LogP) is 3.21. The van der Waals surface area contributed by atoms with Gasteiger partial charge in [0.1, 0.15) is 12.1 Å². The summed E-state index contributed by atoms with van der Waals surface area (Å²) < 4.78 is 28.6. The number of aryl methyl sites for hydroxylation is 1. The fourth-order valence-electron chi connectivity index (χ4n) is 3.73. The second kappa shape index (κ2) is 8.54. The van der Waals surface area contributed by atoms with Gasteiger partial charge in [-0.05, 0) is 44.0 Å². The molecule has 1 fully saturated rings. The van der Waals surface area contributed by atoms with Gasteiger partial charge >= 0.3 is 5.69 Å². The molecule has 3 heterocycles. The SMILES string of the molecule is Cc1cc(C2CCN(c3ncnc(Nc4ccc(S(C)(=O)=O)cc4)c3[N+](=O)[O-])CC2)on1. The highest BCUT2D eigenvalue weighted by Crippen LogP contribution is 2.37. The predicted molar refractivity (Wildman–Crippen MR) is 117 cm³/mol. The van der Waals surface area contributed by atoms with E-state index in [4.69, 9.17) is 4.52 Å². The normalized spacial score (nSPS) is 15.0. The molecule has 0 amide bonds. The number of hydrogen-bond donors (Lipinski definition) is 1. The third kappa shape index (κ3) is 4.54. The first-order valence-electron chi connectivity index (χ1n) is 9.97. The number of nitrogens with one attached hydrogen (secondary N) is 1. The molecule has 2 aromatic heterocycles. The van der Waals surface area contributed by atoms with Gasteiger partial charge in [-0.25, -0.2) is 18.4 Å². The molecule has 1 aliphatic heterocycles. The molecule has 0 unspecified atom stereocenters. The molecule has 1 N–H and O–H groups in total. The first-order valence-corrected chi connectivity index (χ1v) is 11.9. The molecule has 1 aliphatic rings. The third-order valence-corrected chi connectivity index (χ3v) is 6.50. The molecule has 0 bridgehead atoms. The molecule has 0 aliphatic carbocycles. The van der Waals surface area contributed by atoms with E-state index in [2.05, 4.69) is 20.4 Å². The van der Waals surface area contributed by atoms with Crippen molar-refractivity contribution in [1.29, 1.82) is 0 Å². The summed E-state index contributed by atoms with van der Waals surface area (Å²) in [5.41, 5.74) is 1.08. The quantitative estimate of drug-likeness (QED) is 0.432. The largest absolute Gasteiger partial charge is 0.361 e. The first-order chi connectivity index (χ1) is 15.2. The number of rotatable bonds is 6. The zero-order valence-electron chi connectivity index (χ0n) is 17.6. The van der Waals surface area contributed by atoms with Crippen molar-refractivity contribution in [3.63, 3.8) is 0 Å². The number of benzene rings is 1. The summed E-state index contributed by atoms with van der Waals surface area (Å²) in [6.45, 7) is 3.02. The zero-order chi connectivity index (χ0) is 22.9. The minimum atomic E-state index is -3.34. The molecule has 11 nitrogen and oxygen atoms in total. The lowest BCUT2D eigenvalue weighted by atomic mass is 9.94. The second-order valence-electron chi connectivity index (χ2n) is 7.71. The van der Waals surface area contributed by atoms with Gasteiger partial charge in [-0.15, -0.1) is 0 Å². The Morgan fingerprint density at radius 2 is 1.88 bits per heavy atom. The van der Waals surface area contributed by atoms with Crippen LogP contribution in [-0.4, -0.2) is 47.8 Å². The molecule has 4 rings (SSSR count). The van der Waals surface area contributed by atoms with E-state index < -0.39 is 14.8 Å². The Bertz CT molecular complexity index is 1230. The smallest absolute Gasteiger partial charge is 0.353 e. The first kappa shape index (κ1) is 21.7. The Morgan fingerprint density at radius 3 is 2.44 bits per heavy atom. The molecule has 1 aromatic carbocycles. The molecule has 3 aromatic rings. The highest BCUT2D eigenvalue weighted by atomic mass is 32.2. The highest BCUT2D eigenvalue weighted by Gasteiger charge is 2.31. The van der Waals surface area contributed by atoms with Gasteiger partial charge in [0.2, 0.25) is 11.6 Å². The Labute approximate surface area is 184 Å². The van der Waals surface area contributed by atoms with Crippen LogP contribution >= 0.6 is 0 Å². The van der Waals surface area contributed by atoms with Crippen LogP contribution in [0.4, 0.5) is 23.0 Å². The van der Waals surface area contributed by atoms with E-state index in [1.54, 1.807) is 0 Å². The maximum atomic E-state index is 11.9. The van der Waals surface area contributed by atoms with Gasteiger partial charge < -0.3 is 14.7 Å². The minimum absolute atomic E-state index is 0.0417. The lowest BCUT2D eigenvalue weighted by Crippen LogP contribution is -2.34. The van der Waals surface area contributed by atoms with Gasteiger partial charge in [0.05, 0.1) is 15.5 Å². The van der Waals surface area contributed by atoms with Crippen molar-refractivity contribution >= 4 is 32.8 Å². The van der Waals surface area contributed by atoms with Crippen LogP contribution in [0.25, 0.3) is 0 Å². The molecule has 12 heteroatoms. The summed E-state index contributed by atoms with van der Waals surface area (Å²) in [6.07, 6.45) is 3.90. The summed E-state index contributed by atoms with van der Waals surface area (Å²) in [5, 5.41) is 18.8. The summed E-state index contributed by atoms with van der Waals surface area (Å²) in [4.78, 5) is 21.7. The van der Waals surface area contributed by atoms with Crippen LogP contribution < -0.4 is 10.2 Å². The van der Waals surface area contributed by atoms with E-state index >= 15 is 0 Å². The fraction of sp³-hybridized carbons (Fsp3) is 0.350. The van der Waals surface area contributed by atoms with Crippen molar-refractivity contribution in [3.05, 3.63) is 58.2 Å². The summed E-state index contributed by atoms with van der Waals surface area (Å²) in [6, 6.07) is 7.85. The van der Waals surface area contributed by atoms with E-state index in [0.717, 1.165) is 30.6 Å².